The summed E-state index contributed by atoms with van der Waals surface area (Å²) in [5.74, 6) is -0.378. The van der Waals surface area contributed by atoms with Gasteiger partial charge in [-0.25, -0.2) is 0 Å². The third-order valence-electron chi connectivity index (χ3n) is 2.32. The number of phenolic OH excluding ortho intramolecular Hbond substituents is 1. The van der Waals surface area contributed by atoms with Crippen molar-refractivity contribution in [3.8, 4) is 5.75 Å². The minimum Gasteiger partial charge on any atom is -0.506 e. The molecule has 1 atom stereocenters. The molecule has 5 nitrogen and oxygen atoms in total. The van der Waals surface area contributed by atoms with Crippen molar-refractivity contribution >= 4 is 23.2 Å². The predicted octanol–water partition coefficient (Wildman–Crippen LogP) is 1.40. The topological polar surface area (TPSA) is 67.8 Å². The highest BCUT2D eigenvalue weighted by Gasteiger charge is 2.22. The minimum atomic E-state index is -0.610. The molecule has 0 bridgehead atoms. The predicted molar refractivity (Wildman–Crippen MR) is 62.3 cm³/mol. The second-order valence-corrected chi connectivity index (χ2v) is 4.00. The molecule has 1 aliphatic heterocycles. The Morgan fingerprint density at radius 1 is 1.47 bits per heavy atom. The number of ether oxygens (including phenoxy) is 2. The molecular formula is C11H12ClNO4. The molecule has 1 aromatic carbocycles. The summed E-state index contributed by atoms with van der Waals surface area (Å²) in [6.07, 6.45) is -0.610. The van der Waals surface area contributed by atoms with Crippen LogP contribution in [-0.2, 0) is 14.3 Å². The zero-order chi connectivity index (χ0) is 12.3. The molecule has 0 aliphatic carbocycles. The first-order valence-electron chi connectivity index (χ1n) is 5.15. The van der Waals surface area contributed by atoms with Gasteiger partial charge in [0.15, 0.2) is 6.10 Å². The monoisotopic (exact) mass is 257 g/mol. The Morgan fingerprint density at radius 3 is 2.94 bits per heavy atom. The van der Waals surface area contributed by atoms with Crippen LogP contribution in [0.3, 0.4) is 0 Å². The van der Waals surface area contributed by atoms with Gasteiger partial charge in [0.2, 0.25) is 0 Å². The maximum absolute atomic E-state index is 11.7. The number of nitrogens with one attached hydrogen (secondary N) is 1. The summed E-state index contributed by atoms with van der Waals surface area (Å²) in [5.41, 5.74) is 0.464. The zero-order valence-electron chi connectivity index (χ0n) is 8.98. The second-order valence-electron chi connectivity index (χ2n) is 3.59. The van der Waals surface area contributed by atoms with E-state index in [9.17, 15) is 9.90 Å². The van der Waals surface area contributed by atoms with Crippen molar-refractivity contribution in [3.63, 3.8) is 0 Å². The van der Waals surface area contributed by atoms with Gasteiger partial charge in [-0.05, 0) is 12.1 Å². The Morgan fingerprint density at radius 2 is 2.29 bits per heavy atom. The first-order valence-corrected chi connectivity index (χ1v) is 5.53. The van der Waals surface area contributed by atoms with Crippen LogP contribution in [0.4, 0.5) is 5.69 Å². The smallest absolute Gasteiger partial charge is 0.255 e. The zero-order valence-corrected chi connectivity index (χ0v) is 9.74. The van der Waals surface area contributed by atoms with E-state index in [4.69, 9.17) is 21.1 Å². The molecule has 1 aromatic rings. The number of phenols is 1. The van der Waals surface area contributed by atoms with E-state index in [0.717, 1.165) is 0 Å². The Hall–Kier alpha value is -1.30. The van der Waals surface area contributed by atoms with E-state index >= 15 is 0 Å². The molecule has 2 N–H and O–H groups in total. The van der Waals surface area contributed by atoms with Crippen LogP contribution in [-0.4, -0.2) is 36.9 Å². The Balaban J connectivity index is 1.99. The van der Waals surface area contributed by atoms with Gasteiger partial charge in [-0.1, -0.05) is 11.6 Å². The van der Waals surface area contributed by atoms with Crippen molar-refractivity contribution in [2.75, 3.05) is 25.1 Å². The summed E-state index contributed by atoms with van der Waals surface area (Å²) < 4.78 is 10.4. The van der Waals surface area contributed by atoms with Crippen LogP contribution in [0.1, 0.15) is 0 Å². The van der Waals surface area contributed by atoms with Gasteiger partial charge < -0.3 is 19.9 Å². The van der Waals surface area contributed by atoms with E-state index < -0.39 is 6.10 Å². The quantitative estimate of drug-likeness (QED) is 0.840. The summed E-state index contributed by atoms with van der Waals surface area (Å²) in [6, 6.07) is 4.48. The Bertz CT molecular complexity index is 418. The van der Waals surface area contributed by atoms with Gasteiger partial charge in [-0.2, -0.15) is 0 Å². The molecule has 1 saturated heterocycles. The average Bonchev–Trinajstić information content (AvgIpc) is 2.35. The van der Waals surface area contributed by atoms with Crippen molar-refractivity contribution in [1.29, 1.82) is 0 Å². The lowest BCUT2D eigenvalue weighted by molar-refractivity contribution is -0.142. The van der Waals surface area contributed by atoms with Gasteiger partial charge in [-0.3, -0.25) is 4.79 Å². The van der Waals surface area contributed by atoms with Gasteiger partial charge in [0, 0.05) is 11.8 Å². The van der Waals surface area contributed by atoms with E-state index in [0.29, 0.717) is 18.9 Å². The van der Waals surface area contributed by atoms with E-state index in [1.165, 1.54) is 12.1 Å². The highest BCUT2D eigenvalue weighted by atomic mass is 35.5. The van der Waals surface area contributed by atoms with Crippen molar-refractivity contribution in [3.05, 3.63) is 23.2 Å². The molecule has 1 amide bonds. The number of hydrogen-bond donors (Lipinski definition) is 2. The summed E-state index contributed by atoms with van der Waals surface area (Å²) in [4.78, 5) is 11.7. The van der Waals surface area contributed by atoms with Crippen LogP contribution in [0, 0.1) is 0 Å². The van der Waals surface area contributed by atoms with Crippen molar-refractivity contribution < 1.29 is 19.4 Å². The Kier molecular flexibility index (Phi) is 3.83. The minimum absolute atomic E-state index is 0.0784. The normalized spacial score (nSPS) is 19.9. The molecule has 1 heterocycles. The van der Waals surface area contributed by atoms with Crippen LogP contribution in [0.15, 0.2) is 18.2 Å². The summed E-state index contributed by atoms with van der Waals surface area (Å²) in [7, 11) is 0. The third kappa shape index (κ3) is 3.09. The number of halogens is 1. The maximum atomic E-state index is 11.7. The van der Waals surface area contributed by atoms with Crippen LogP contribution in [0.25, 0.3) is 0 Å². The first-order chi connectivity index (χ1) is 8.16. The number of benzene rings is 1. The van der Waals surface area contributed by atoms with Crippen molar-refractivity contribution in [2.24, 2.45) is 0 Å². The van der Waals surface area contributed by atoms with Gasteiger partial charge in [0.1, 0.15) is 5.75 Å². The molecular weight excluding hydrogens is 246 g/mol. The van der Waals surface area contributed by atoms with Gasteiger partial charge >= 0.3 is 0 Å². The summed E-state index contributed by atoms with van der Waals surface area (Å²) >= 11 is 5.66. The molecule has 6 heteroatoms. The molecule has 17 heavy (non-hydrogen) atoms. The lowest BCUT2D eigenvalue weighted by Gasteiger charge is -2.22. The van der Waals surface area contributed by atoms with Crippen LogP contribution in [0.2, 0.25) is 5.02 Å². The Labute approximate surface area is 103 Å². The lowest BCUT2D eigenvalue weighted by Crippen LogP contribution is -2.39. The van der Waals surface area contributed by atoms with Crippen molar-refractivity contribution in [2.45, 2.75) is 6.10 Å². The second kappa shape index (κ2) is 5.35. The van der Waals surface area contributed by atoms with Crippen LogP contribution >= 0.6 is 11.6 Å². The number of rotatable bonds is 2. The fourth-order valence-electron chi connectivity index (χ4n) is 1.45. The van der Waals surface area contributed by atoms with E-state index in [2.05, 4.69) is 5.32 Å². The fourth-order valence-corrected chi connectivity index (χ4v) is 1.57. The molecule has 1 unspecified atom stereocenters. The van der Waals surface area contributed by atoms with Crippen molar-refractivity contribution in [1.82, 2.24) is 0 Å². The average molecular weight is 258 g/mol. The molecule has 1 aliphatic rings. The van der Waals surface area contributed by atoms with E-state index in [1.54, 1.807) is 6.07 Å². The number of carbonyl (C=O) groups is 1. The van der Waals surface area contributed by atoms with E-state index in [-0.39, 0.29) is 23.3 Å². The maximum Gasteiger partial charge on any atom is 0.255 e. The highest BCUT2D eigenvalue weighted by Crippen LogP contribution is 2.26. The van der Waals surface area contributed by atoms with Crippen LogP contribution in [0.5, 0.6) is 5.75 Å². The molecule has 2 rings (SSSR count). The SMILES string of the molecule is O=C(Nc1ccc(Cl)c(O)c1)C1COCCO1. The molecule has 0 spiro atoms. The lowest BCUT2D eigenvalue weighted by atomic mass is 10.2. The van der Waals surface area contributed by atoms with Crippen LogP contribution < -0.4 is 5.32 Å². The highest BCUT2D eigenvalue weighted by molar-refractivity contribution is 6.32. The molecule has 92 valence electrons. The molecule has 0 saturated carbocycles. The van der Waals surface area contributed by atoms with Gasteiger partial charge in [0.25, 0.3) is 5.91 Å². The summed E-state index contributed by atoms with van der Waals surface area (Å²) in [5, 5.41) is 12.2. The standard InChI is InChI=1S/C11H12ClNO4/c12-8-2-1-7(5-9(8)14)13-11(15)10-6-16-3-4-17-10/h1-2,5,10,14H,3-4,6H2,(H,13,15). The number of anilines is 1. The molecule has 0 aromatic heterocycles. The van der Waals surface area contributed by atoms with E-state index in [1.807, 2.05) is 0 Å². The fraction of sp³-hybridized carbons (Fsp3) is 0.364. The number of aromatic hydroxyl groups is 1. The van der Waals surface area contributed by atoms with Gasteiger partial charge in [-0.15, -0.1) is 0 Å². The third-order valence-corrected chi connectivity index (χ3v) is 2.64. The molecule has 1 fully saturated rings. The number of amides is 1. The largest absolute Gasteiger partial charge is 0.506 e. The molecule has 0 radical (unpaired) electrons. The first kappa shape index (κ1) is 12.2. The number of carbonyl (C=O) groups excluding carboxylic acids is 1. The number of hydrogen-bond acceptors (Lipinski definition) is 4. The summed E-state index contributed by atoms with van der Waals surface area (Å²) in [6.45, 7) is 1.15. The van der Waals surface area contributed by atoms with Gasteiger partial charge in [0.05, 0.1) is 24.8 Å².